The van der Waals surface area contributed by atoms with Gasteiger partial charge in [-0.1, -0.05) is 6.07 Å². The maximum Gasteiger partial charge on any atom is 0.340 e. The van der Waals surface area contributed by atoms with Crippen molar-refractivity contribution in [1.82, 2.24) is 46.6 Å². The third kappa shape index (κ3) is 33.7. The highest BCUT2D eigenvalue weighted by Crippen LogP contribution is 2.58. The number of aliphatic hydroxyl groups is 4. The van der Waals surface area contributed by atoms with Gasteiger partial charge in [0.15, 0.2) is 51.9 Å². The number of hydrogen-bond donors (Lipinski definition) is 12. The third-order valence-corrected chi connectivity index (χ3v) is 16.9. The molecule has 5 rings (SSSR count). The molecular weight excluding hydrogens is 1550 g/mol. The van der Waals surface area contributed by atoms with Crippen LogP contribution >= 0.6 is 0 Å². The van der Waals surface area contributed by atoms with Crippen molar-refractivity contribution in [2.75, 3.05) is 211 Å². The fourth-order valence-electron chi connectivity index (χ4n) is 10.9. The van der Waals surface area contributed by atoms with Crippen LogP contribution in [0.2, 0.25) is 0 Å². The zero-order valence-corrected chi connectivity index (χ0v) is 63.8. The molecule has 12 N–H and O–H groups in total. The van der Waals surface area contributed by atoms with Crippen LogP contribution in [0.3, 0.4) is 0 Å². The summed E-state index contributed by atoms with van der Waals surface area (Å²) in [5.74, 6) is -15.1. The van der Waals surface area contributed by atoms with Gasteiger partial charge in [0.25, 0.3) is 5.91 Å². The molecule has 0 bridgehead atoms. The Labute approximate surface area is 663 Å². The van der Waals surface area contributed by atoms with Gasteiger partial charge in [-0.15, -0.1) is 0 Å². The highest BCUT2D eigenvalue weighted by molar-refractivity contribution is 6.03. The summed E-state index contributed by atoms with van der Waals surface area (Å²) < 4.78 is 84.7. The van der Waals surface area contributed by atoms with Crippen molar-refractivity contribution in [3.63, 3.8) is 0 Å². The lowest BCUT2D eigenvalue weighted by Crippen LogP contribution is -2.45. The number of esters is 1. The summed E-state index contributed by atoms with van der Waals surface area (Å²) in [6, 6.07) is 7.08. The number of phenols is 2. The quantitative estimate of drug-likeness (QED) is 0.0188. The van der Waals surface area contributed by atoms with Gasteiger partial charge in [0.2, 0.25) is 47.3 Å². The number of hydrogen-bond acceptors (Lipinski definition) is 31. The number of Topliss-reactive ketones (excluding diaryl/α,β-unsaturated/α-hetero) is 5. The number of nitrogens with zero attached hydrogens (tertiary/aromatic N) is 3. The summed E-state index contributed by atoms with van der Waals surface area (Å²) in [7, 11) is 0. The first-order valence-electron chi connectivity index (χ1n) is 36.9. The van der Waals surface area contributed by atoms with Gasteiger partial charge < -0.3 is 125 Å². The number of fused-ring (bicyclic) bond motifs is 6. The van der Waals surface area contributed by atoms with E-state index in [1.807, 2.05) is 0 Å². The van der Waals surface area contributed by atoms with Gasteiger partial charge in [-0.2, -0.15) is 0 Å². The average molecular weight is 1650 g/mol. The van der Waals surface area contributed by atoms with Crippen molar-refractivity contribution >= 4 is 88.1 Å². The average Bonchev–Trinajstić information content (AvgIpc) is 1.48. The van der Waals surface area contributed by atoms with E-state index in [-0.39, 0.29) is 218 Å². The molecule has 2 heterocycles. The number of amides is 9. The summed E-state index contributed by atoms with van der Waals surface area (Å²) in [6.45, 7) is -6.93. The van der Waals surface area contributed by atoms with Gasteiger partial charge in [-0.3, -0.25) is 67.1 Å². The highest BCUT2D eigenvalue weighted by Gasteiger charge is 2.56. The van der Waals surface area contributed by atoms with Gasteiger partial charge in [0.1, 0.15) is 70.1 Å². The summed E-state index contributed by atoms with van der Waals surface area (Å²) in [5.41, 5.74) is -4.01. The molecule has 0 saturated carbocycles. The number of nitrogens with one attached hydrogen (secondary N) is 6. The number of carbonyl (C=O) groups is 15. The molecule has 640 valence electrons. The van der Waals surface area contributed by atoms with E-state index in [1.54, 1.807) is 0 Å². The Morgan fingerprint density at radius 2 is 0.776 bits per heavy atom. The fraction of sp³-hybridized carbons (Fsp3) is 0.554. The van der Waals surface area contributed by atoms with Crippen LogP contribution in [0.1, 0.15) is 88.8 Å². The second kappa shape index (κ2) is 52.9. The summed E-state index contributed by atoms with van der Waals surface area (Å²) in [4.78, 5) is 197. The monoisotopic (exact) mass is 1650 g/mol. The molecule has 3 aromatic carbocycles. The van der Waals surface area contributed by atoms with Crippen LogP contribution in [-0.2, 0) is 111 Å². The number of phenolic OH excluding ortho intramolecular Hbond substituents is 2. The van der Waals surface area contributed by atoms with Gasteiger partial charge in [-0.25, -0.2) is 13.6 Å². The van der Waals surface area contributed by atoms with Crippen LogP contribution in [0.15, 0.2) is 42.5 Å². The minimum atomic E-state index is -2.36. The first-order chi connectivity index (χ1) is 55.7. The number of carbonyl (C=O) groups excluding carboxylic acids is 15. The zero-order valence-electron chi connectivity index (χ0n) is 63.8. The Morgan fingerprint density at radius 3 is 1.20 bits per heavy atom. The molecule has 116 heavy (non-hydrogen) atoms. The minimum absolute atomic E-state index is 0.0196. The lowest BCUT2D eigenvalue weighted by molar-refractivity contribution is -0.136. The van der Waals surface area contributed by atoms with Crippen molar-refractivity contribution in [3.05, 3.63) is 81.9 Å². The first kappa shape index (κ1) is 96.1. The largest absolute Gasteiger partial charge is 0.505 e. The zero-order chi connectivity index (χ0) is 84.8. The smallest absolute Gasteiger partial charge is 0.340 e. The van der Waals surface area contributed by atoms with Crippen molar-refractivity contribution in [2.45, 2.75) is 57.0 Å². The van der Waals surface area contributed by atoms with Crippen molar-refractivity contribution < 1.29 is 159 Å². The van der Waals surface area contributed by atoms with E-state index in [4.69, 9.17) is 67.8 Å². The SMILES string of the molecule is O=C(CCC(=O)N(CCC(=O)NCCOCCOCC(=O)CO)CCC(=O)NCCOCCOCC(=O)CO)CCN(CCC(=O)NCC(=O)N(CCC(=O)NCCOCCOCC(=O)CO)CCC(=O)NCCOCCOCC(=O)CO)C(=O)CNC(=O)c1ccc2c(c1)C(=O)OC21c2cc(F)c(O)cc2Oc2ccc(O)c(F)c21. The third-order valence-electron chi connectivity index (χ3n) is 16.9. The molecule has 1 atom stereocenters. The molecule has 9 amide bonds. The molecule has 2 aliphatic rings. The Morgan fingerprint density at radius 1 is 0.388 bits per heavy atom. The lowest BCUT2D eigenvalue weighted by Gasteiger charge is -2.36. The standard InChI is InChI=1S/C74H99F2N9O31/c75-57-36-56-61(37-59(57)96)115-60-5-4-58(95)71(76)70(60)74(56)55-3-1-48(35-54(55)73(106)116-74)72(105)82-39-69(104)84(17-7-49(90)2-6-67(102)83(18-8-62(97)77-13-23-107-27-31-111-44-50(91)40-86)19-9-63(98)78-14-24-108-28-32-112-45-51(92)41-87)22-12-66(101)81-38-68(103)85(20-10-64(99)79-15-25-109-29-33-113-46-52(93)42-88)21-11-65(100)80-16-26-110-30-34-114-47-53(94)43-89/h1,3-5,35-37,86-89,95-96H,2,6-34,38-47H2,(H,77,97)(H,78,98)(H,79,99)(H,80,100)(H,81,101)(H,82,105). The number of ether oxygens (including phenoxy) is 10. The number of aromatic hydroxyl groups is 2. The molecule has 42 heteroatoms. The van der Waals surface area contributed by atoms with E-state index in [1.165, 1.54) is 11.0 Å². The molecule has 0 fully saturated rings. The van der Waals surface area contributed by atoms with Crippen LogP contribution in [0.4, 0.5) is 8.78 Å². The number of halogens is 2. The molecule has 1 spiro atoms. The molecule has 1 unspecified atom stereocenters. The molecule has 40 nitrogen and oxygen atoms in total. The Hall–Kier alpha value is -10.5. The summed E-state index contributed by atoms with van der Waals surface area (Å²) >= 11 is 0. The topological polar surface area (TPSA) is 552 Å². The maximum atomic E-state index is 16.1. The van der Waals surface area contributed by atoms with Crippen molar-refractivity contribution in [1.29, 1.82) is 0 Å². The van der Waals surface area contributed by atoms with Gasteiger partial charge >= 0.3 is 5.97 Å². The normalized spacial score (nSPS) is 12.9. The maximum absolute atomic E-state index is 16.1. The van der Waals surface area contributed by atoms with Gasteiger partial charge in [-0.05, 0) is 30.3 Å². The second-order valence-corrected chi connectivity index (χ2v) is 25.5. The summed E-state index contributed by atoms with van der Waals surface area (Å²) in [6.07, 6.45) is -3.09. The molecule has 2 aliphatic heterocycles. The van der Waals surface area contributed by atoms with Crippen molar-refractivity contribution in [2.24, 2.45) is 0 Å². The van der Waals surface area contributed by atoms with Crippen LogP contribution in [0.25, 0.3) is 0 Å². The minimum Gasteiger partial charge on any atom is -0.505 e. The number of benzene rings is 3. The number of aliphatic hydroxyl groups excluding tert-OH is 4. The van der Waals surface area contributed by atoms with Crippen LogP contribution < -0.4 is 36.6 Å². The molecule has 0 saturated heterocycles. The first-order valence-corrected chi connectivity index (χ1v) is 36.9. The van der Waals surface area contributed by atoms with Crippen LogP contribution in [0, 0.1) is 11.6 Å². The Balaban J connectivity index is 1.29. The van der Waals surface area contributed by atoms with Gasteiger partial charge in [0, 0.05) is 134 Å². The van der Waals surface area contributed by atoms with Crippen molar-refractivity contribution in [3.8, 4) is 23.0 Å². The lowest BCUT2D eigenvalue weighted by atomic mass is 9.77. The Bertz CT molecular complexity index is 3630. The van der Waals surface area contributed by atoms with Crippen LogP contribution in [-0.4, -0.2) is 344 Å². The van der Waals surface area contributed by atoms with E-state index < -0.39 is 201 Å². The molecule has 0 aromatic heterocycles. The molecule has 0 aliphatic carbocycles. The molecule has 3 aromatic rings. The second-order valence-electron chi connectivity index (χ2n) is 25.5. The predicted octanol–water partition coefficient (Wildman–Crippen LogP) is -4.19. The predicted molar refractivity (Wildman–Crippen MR) is 392 cm³/mol. The highest BCUT2D eigenvalue weighted by atomic mass is 19.1. The van der Waals surface area contributed by atoms with E-state index in [2.05, 4.69) is 31.9 Å². The molecule has 0 radical (unpaired) electrons. The van der Waals surface area contributed by atoms with E-state index in [0.717, 1.165) is 46.2 Å². The number of ketones is 5. The fourth-order valence-corrected chi connectivity index (χ4v) is 10.9. The van der Waals surface area contributed by atoms with E-state index in [9.17, 15) is 82.1 Å². The van der Waals surface area contributed by atoms with Gasteiger partial charge in [0.05, 0.1) is 109 Å². The number of rotatable bonds is 62. The van der Waals surface area contributed by atoms with Crippen LogP contribution in [0.5, 0.6) is 23.0 Å². The Kier molecular flexibility index (Phi) is 43.8. The summed E-state index contributed by atoms with van der Waals surface area (Å²) in [5, 5.41) is 71.4. The van der Waals surface area contributed by atoms with E-state index >= 15 is 8.78 Å². The van der Waals surface area contributed by atoms with E-state index in [0.29, 0.717) is 0 Å². The molecular formula is C74H99F2N9O31.